The van der Waals surface area contributed by atoms with E-state index < -0.39 is 0 Å². The van der Waals surface area contributed by atoms with Crippen LogP contribution in [-0.2, 0) is 13.1 Å². The number of aromatic amines is 1. The van der Waals surface area contributed by atoms with E-state index in [9.17, 15) is 9.18 Å². The summed E-state index contributed by atoms with van der Waals surface area (Å²) in [7, 11) is 0. The fraction of sp³-hybridized carbons (Fsp3) is 0.174. The number of hydrogen-bond donors (Lipinski definition) is 1. The molecule has 1 N–H and O–H groups in total. The molecule has 0 spiro atoms. The number of pyridine rings is 2. The fourth-order valence-electron chi connectivity index (χ4n) is 3.99. The standard InChI is InChI=1S/C23H19ClFN3O2/c24-20-11-16(19-4-6-28-14-18(25)1-2-21(19)28)10-17-13-27(7-8-30-23(17)20)12-15-3-5-26-22(29)9-15/h1-6,9-11,14H,7-8,12-13H2,(H,26,29). The van der Waals surface area contributed by atoms with Gasteiger partial charge >= 0.3 is 0 Å². The second-order valence-electron chi connectivity index (χ2n) is 7.44. The van der Waals surface area contributed by atoms with Gasteiger partial charge in [-0.1, -0.05) is 11.6 Å². The molecule has 0 saturated heterocycles. The number of benzene rings is 1. The molecule has 1 aliphatic rings. The number of rotatable bonds is 3. The summed E-state index contributed by atoms with van der Waals surface area (Å²) in [5.74, 6) is 0.414. The Bertz CT molecular complexity index is 1300. The Morgan fingerprint density at radius 1 is 1.17 bits per heavy atom. The van der Waals surface area contributed by atoms with E-state index in [0.29, 0.717) is 30.5 Å². The zero-order valence-corrected chi connectivity index (χ0v) is 16.8. The van der Waals surface area contributed by atoms with Gasteiger partial charge in [-0.15, -0.1) is 0 Å². The molecule has 1 aliphatic heterocycles. The van der Waals surface area contributed by atoms with E-state index in [1.165, 1.54) is 12.3 Å². The van der Waals surface area contributed by atoms with Crippen molar-refractivity contribution in [2.75, 3.05) is 13.2 Å². The van der Waals surface area contributed by atoms with Crippen molar-refractivity contribution >= 4 is 17.1 Å². The number of fused-ring (bicyclic) bond motifs is 2. The van der Waals surface area contributed by atoms with Gasteiger partial charge in [0, 0.05) is 55.4 Å². The number of halogens is 2. The van der Waals surface area contributed by atoms with Crippen molar-refractivity contribution in [2.24, 2.45) is 0 Å². The molecule has 0 fully saturated rings. The zero-order chi connectivity index (χ0) is 20.7. The lowest BCUT2D eigenvalue weighted by molar-refractivity contribution is 0.219. The van der Waals surface area contributed by atoms with Crippen LogP contribution in [0.15, 0.2) is 65.8 Å². The second kappa shape index (κ2) is 7.63. The van der Waals surface area contributed by atoms with Crippen LogP contribution in [0.4, 0.5) is 4.39 Å². The fourth-order valence-corrected chi connectivity index (χ4v) is 4.28. The first-order valence-corrected chi connectivity index (χ1v) is 10.1. The molecule has 4 aromatic rings. The summed E-state index contributed by atoms with van der Waals surface area (Å²) >= 11 is 6.59. The summed E-state index contributed by atoms with van der Waals surface area (Å²) in [6, 6.07) is 12.7. The largest absolute Gasteiger partial charge is 0.490 e. The van der Waals surface area contributed by atoms with Crippen LogP contribution in [-0.4, -0.2) is 27.4 Å². The SMILES string of the molecule is O=c1cc(CN2CCOc3c(Cl)cc(-c4ccn5cc(F)ccc45)cc3C2)cc[nH]1. The summed E-state index contributed by atoms with van der Waals surface area (Å²) in [5.41, 5.74) is 4.66. The van der Waals surface area contributed by atoms with Gasteiger partial charge < -0.3 is 14.1 Å². The van der Waals surface area contributed by atoms with E-state index in [2.05, 4.69) is 16.0 Å². The quantitative estimate of drug-likeness (QED) is 0.528. The lowest BCUT2D eigenvalue weighted by Gasteiger charge is -2.19. The van der Waals surface area contributed by atoms with Crippen molar-refractivity contribution in [1.82, 2.24) is 14.3 Å². The predicted octanol–water partition coefficient (Wildman–Crippen LogP) is 4.48. The van der Waals surface area contributed by atoms with Crippen molar-refractivity contribution in [1.29, 1.82) is 0 Å². The third-order valence-electron chi connectivity index (χ3n) is 5.34. The van der Waals surface area contributed by atoms with Gasteiger partial charge in [0.1, 0.15) is 18.2 Å². The number of aromatic nitrogens is 2. The lowest BCUT2D eigenvalue weighted by Crippen LogP contribution is -2.25. The normalized spacial score (nSPS) is 14.3. The number of hydrogen-bond acceptors (Lipinski definition) is 3. The van der Waals surface area contributed by atoms with Gasteiger partial charge in [-0.25, -0.2) is 4.39 Å². The number of ether oxygens (including phenoxy) is 1. The molecule has 0 saturated carbocycles. The minimum atomic E-state index is -0.284. The average molecular weight is 424 g/mol. The molecule has 5 nitrogen and oxygen atoms in total. The molecule has 5 rings (SSSR count). The Balaban J connectivity index is 1.51. The van der Waals surface area contributed by atoms with E-state index in [4.69, 9.17) is 16.3 Å². The molecule has 30 heavy (non-hydrogen) atoms. The molecular weight excluding hydrogens is 405 g/mol. The summed E-state index contributed by atoms with van der Waals surface area (Å²) < 4.78 is 21.3. The van der Waals surface area contributed by atoms with E-state index in [-0.39, 0.29) is 11.4 Å². The molecule has 0 atom stereocenters. The van der Waals surface area contributed by atoms with Gasteiger partial charge in [-0.3, -0.25) is 9.69 Å². The lowest BCUT2D eigenvalue weighted by atomic mass is 10.0. The van der Waals surface area contributed by atoms with E-state index in [0.717, 1.165) is 34.3 Å². The third-order valence-corrected chi connectivity index (χ3v) is 5.62. The van der Waals surface area contributed by atoms with Crippen LogP contribution >= 0.6 is 11.6 Å². The topological polar surface area (TPSA) is 49.7 Å². The summed E-state index contributed by atoms with van der Waals surface area (Å²) in [6.07, 6.45) is 4.95. The second-order valence-corrected chi connectivity index (χ2v) is 7.84. The highest BCUT2D eigenvalue weighted by atomic mass is 35.5. The number of H-pyrrole nitrogens is 1. The van der Waals surface area contributed by atoms with E-state index in [1.807, 2.05) is 24.4 Å². The van der Waals surface area contributed by atoms with Crippen molar-refractivity contribution in [3.63, 3.8) is 0 Å². The minimum Gasteiger partial charge on any atom is -0.490 e. The van der Waals surface area contributed by atoms with Crippen LogP contribution in [0.3, 0.4) is 0 Å². The van der Waals surface area contributed by atoms with Crippen LogP contribution in [0.1, 0.15) is 11.1 Å². The Hall–Kier alpha value is -3.09. The summed E-state index contributed by atoms with van der Waals surface area (Å²) in [6.45, 7) is 2.53. The first kappa shape index (κ1) is 18.9. The summed E-state index contributed by atoms with van der Waals surface area (Å²) in [4.78, 5) is 16.5. The van der Waals surface area contributed by atoms with E-state index in [1.54, 1.807) is 22.7 Å². The first-order chi connectivity index (χ1) is 14.6. The molecule has 0 amide bonds. The molecule has 7 heteroatoms. The van der Waals surface area contributed by atoms with Crippen molar-refractivity contribution in [3.8, 4) is 16.9 Å². The van der Waals surface area contributed by atoms with Crippen LogP contribution in [0.5, 0.6) is 5.75 Å². The van der Waals surface area contributed by atoms with Gasteiger partial charge in [0.2, 0.25) is 5.56 Å². The molecule has 0 radical (unpaired) electrons. The Morgan fingerprint density at radius 3 is 2.93 bits per heavy atom. The van der Waals surface area contributed by atoms with Gasteiger partial charge in [0.05, 0.1) is 10.5 Å². The molecule has 1 aromatic carbocycles. The average Bonchev–Trinajstić information content (AvgIpc) is 3.01. The van der Waals surface area contributed by atoms with Gasteiger partial charge in [-0.05, 0) is 47.5 Å². The van der Waals surface area contributed by atoms with Gasteiger partial charge in [0.25, 0.3) is 0 Å². The molecule has 0 aliphatic carbocycles. The maximum atomic E-state index is 13.5. The third kappa shape index (κ3) is 3.60. The Morgan fingerprint density at radius 2 is 2.07 bits per heavy atom. The van der Waals surface area contributed by atoms with Crippen LogP contribution < -0.4 is 10.3 Å². The maximum Gasteiger partial charge on any atom is 0.248 e. The Labute approximate surface area is 177 Å². The highest BCUT2D eigenvalue weighted by Gasteiger charge is 2.20. The van der Waals surface area contributed by atoms with Crippen LogP contribution in [0.25, 0.3) is 16.6 Å². The smallest absolute Gasteiger partial charge is 0.248 e. The molecule has 3 aromatic heterocycles. The molecule has 0 bridgehead atoms. The highest BCUT2D eigenvalue weighted by molar-refractivity contribution is 6.32. The highest BCUT2D eigenvalue weighted by Crippen LogP contribution is 2.38. The first-order valence-electron chi connectivity index (χ1n) is 9.68. The van der Waals surface area contributed by atoms with Crippen LogP contribution in [0, 0.1) is 5.82 Å². The van der Waals surface area contributed by atoms with Crippen molar-refractivity contribution in [3.05, 3.63) is 93.4 Å². The predicted molar refractivity (Wildman–Crippen MR) is 114 cm³/mol. The van der Waals surface area contributed by atoms with Crippen molar-refractivity contribution in [2.45, 2.75) is 13.1 Å². The molecule has 4 heterocycles. The molecule has 152 valence electrons. The van der Waals surface area contributed by atoms with Crippen LogP contribution in [0.2, 0.25) is 5.02 Å². The number of nitrogens with one attached hydrogen (secondary N) is 1. The summed E-state index contributed by atoms with van der Waals surface area (Å²) in [5, 5.41) is 0.557. The Kier molecular flexibility index (Phi) is 4.81. The van der Waals surface area contributed by atoms with Gasteiger partial charge in [0.15, 0.2) is 0 Å². The molecular formula is C23H19ClFN3O2. The van der Waals surface area contributed by atoms with E-state index >= 15 is 0 Å². The number of nitrogens with zero attached hydrogens (tertiary/aromatic N) is 2. The van der Waals surface area contributed by atoms with Crippen molar-refractivity contribution < 1.29 is 9.13 Å². The zero-order valence-electron chi connectivity index (χ0n) is 16.1. The molecule has 0 unspecified atom stereocenters. The monoisotopic (exact) mass is 423 g/mol. The minimum absolute atomic E-state index is 0.110. The maximum absolute atomic E-state index is 13.5. The van der Waals surface area contributed by atoms with Gasteiger partial charge in [-0.2, -0.15) is 0 Å².